The Morgan fingerprint density at radius 2 is 1.89 bits per heavy atom. The zero-order valence-corrected chi connectivity index (χ0v) is 10.9. The lowest BCUT2D eigenvalue weighted by Gasteiger charge is -2.08. The number of aromatic carboxylic acids is 1. The Kier molecular flexibility index (Phi) is 4.06. The van der Waals surface area contributed by atoms with E-state index >= 15 is 0 Å². The largest absolute Gasteiger partial charge is 0.497 e. The smallest absolute Gasteiger partial charge is 0.336 e. The van der Waals surface area contributed by atoms with E-state index in [1.54, 1.807) is 24.3 Å². The molecule has 0 saturated carbocycles. The molecule has 0 unspecified atom stereocenters. The zero-order valence-electron chi connectivity index (χ0n) is 10.1. The van der Waals surface area contributed by atoms with Gasteiger partial charge in [-0.25, -0.2) is 9.18 Å². The molecule has 19 heavy (non-hydrogen) atoms. The fourth-order valence-corrected chi connectivity index (χ4v) is 2.49. The summed E-state index contributed by atoms with van der Waals surface area (Å²) in [5.41, 5.74) is 0.190. The molecule has 0 fully saturated rings. The second-order valence-corrected chi connectivity index (χ2v) is 4.84. The molecule has 0 aliphatic rings. The number of carbonyl (C=O) groups is 1. The predicted molar refractivity (Wildman–Crippen MR) is 70.5 cm³/mol. The summed E-state index contributed by atoms with van der Waals surface area (Å²) in [6.07, 6.45) is 0. The van der Waals surface area contributed by atoms with Gasteiger partial charge in [-0.05, 0) is 42.5 Å². The molecule has 0 aliphatic heterocycles. The van der Waals surface area contributed by atoms with Crippen molar-refractivity contribution < 1.29 is 19.0 Å². The van der Waals surface area contributed by atoms with Crippen molar-refractivity contribution in [2.24, 2.45) is 0 Å². The quantitative estimate of drug-likeness (QED) is 0.926. The average Bonchev–Trinajstić information content (AvgIpc) is 2.41. The number of carboxylic acids is 1. The van der Waals surface area contributed by atoms with Crippen LogP contribution in [0.25, 0.3) is 0 Å². The monoisotopic (exact) mass is 278 g/mol. The van der Waals surface area contributed by atoms with E-state index in [4.69, 9.17) is 9.84 Å². The number of hydrogen-bond acceptors (Lipinski definition) is 3. The molecule has 2 aromatic carbocycles. The Bertz CT molecular complexity index is 596. The molecule has 0 amide bonds. The Labute approximate surface area is 114 Å². The van der Waals surface area contributed by atoms with Crippen molar-refractivity contribution >= 4 is 17.7 Å². The summed E-state index contributed by atoms with van der Waals surface area (Å²) >= 11 is 1.25. The van der Waals surface area contributed by atoms with Gasteiger partial charge < -0.3 is 9.84 Å². The molecule has 0 heterocycles. The molecule has 0 aromatic heterocycles. The molecule has 0 spiro atoms. The van der Waals surface area contributed by atoms with Crippen LogP contribution in [0.15, 0.2) is 52.3 Å². The van der Waals surface area contributed by atoms with E-state index in [0.717, 1.165) is 4.90 Å². The summed E-state index contributed by atoms with van der Waals surface area (Å²) in [7, 11) is 1.52. The second kappa shape index (κ2) is 5.75. The van der Waals surface area contributed by atoms with Gasteiger partial charge in [0.1, 0.15) is 11.6 Å². The van der Waals surface area contributed by atoms with Gasteiger partial charge in [0.05, 0.1) is 12.7 Å². The van der Waals surface area contributed by atoms with E-state index in [1.165, 1.54) is 37.1 Å². The minimum Gasteiger partial charge on any atom is -0.497 e. The predicted octanol–water partition coefficient (Wildman–Crippen LogP) is 3.68. The minimum absolute atomic E-state index is 0.190. The van der Waals surface area contributed by atoms with E-state index in [9.17, 15) is 9.18 Å². The molecule has 0 saturated heterocycles. The Hall–Kier alpha value is -2.01. The fraction of sp³-hybridized carbons (Fsp3) is 0.0714. The van der Waals surface area contributed by atoms with E-state index in [-0.39, 0.29) is 11.4 Å². The van der Waals surface area contributed by atoms with Crippen molar-refractivity contribution in [3.8, 4) is 5.75 Å². The van der Waals surface area contributed by atoms with Crippen molar-refractivity contribution in [2.75, 3.05) is 7.11 Å². The molecular formula is C14H11FO3S. The van der Waals surface area contributed by atoms with Gasteiger partial charge in [-0.2, -0.15) is 0 Å². The van der Waals surface area contributed by atoms with Crippen LogP contribution in [0, 0.1) is 5.82 Å². The van der Waals surface area contributed by atoms with Gasteiger partial charge in [-0.3, -0.25) is 0 Å². The summed E-state index contributed by atoms with van der Waals surface area (Å²) < 4.78 is 17.9. The van der Waals surface area contributed by atoms with Gasteiger partial charge in [0.25, 0.3) is 0 Å². The van der Waals surface area contributed by atoms with Crippen molar-refractivity contribution in [1.29, 1.82) is 0 Å². The first-order valence-electron chi connectivity index (χ1n) is 5.45. The van der Waals surface area contributed by atoms with Gasteiger partial charge in [0.2, 0.25) is 0 Å². The van der Waals surface area contributed by atoms with Crippen LogP contribution in [0.4, 0.5) is 4.39 Å². The molecule has 3 nitrogen and oxygen atoms in total. The highest BCUT2D eigenvalue weighted by molar-refractivity contribution is 7.99. The Morgan fingerprint density at radius 3 is 2.47 bits per heavy atom. The van der Waals surface area contributed by atoms with Gasteiger partial charge in [-0.1, -0.05) is 11.8 Å². The van der Waals surface area contributed by atoms with Crippen LogP contribution >= 0.6 is 11.8 Å². The molecule has 98 valence electrons. The standard InChI is InChI=1S/C14H11FO3S/c1-18-10-4-7-12(14(16)17)13(8-10)19-11-5-2-9(15)3-6-11/h2-8H,1H3,(H,16,17). The van der Waals surface area contributed by atoms with Crippen LogP contribution in [0.2, 0.25) is 0 Å². The summed E-state index contributed by atoms with van der Waals surface area (Å²) in [6.45, 7) is 0. The number of benzene rings is 2. The van der Waals surface area contributed by atoms with Crippen LogP contribution in [0.1, 0.15) is 10.4 Å². The number of ether oxygens (including phenoxy) is 1. The minimum atomic E-state index is -1.01. The maximum atomic E-state index is 12.8. The number of carboxylic acid groups (broad SMARTS) is 1. The molecule has 5 heteroatoms. The lowest BCUT2D eigenvalue weighted by atomic mass is 10.2. The van der Waals surface area contributed by atoms with Gasteiger partial charge in [0, 0.05) is 9.79 Å². The first-order chi connectivity index (χ1) is 9.10. The first kappa shape index (κ1) is 13.4. The van der Waals surface area contributed by atoms with Crippen molar-refractivity contribution in [2.45, 2.75) is 9.79 Å². The highest BCUT2D eigenvalue weighted by atomic mass is 32.2. The summed E-state index contributed by atoms with van der Waals surface area (Å²) in [6, 6.07) is 10.6. The summed E-state index contributed by atoms with van der Waals surface area (Å²) in [5, 5.41) is 9.14. The molecular weight excluding hydrogens is 267 g/mol. The van der Waals surface area contributed by atoms with Gasteiger partial charge >= 0.3 is 5.97 Å². The van der Waals surface area contributed by atoms with E-state index in [2.05, 4.69) is 0 Å². The summed E-state index contributed by atoms with van der Waals surface area (Å²) in [5.74, 6) is -0.754. The fourth-order valence-electron chi connectivity index (χ4n) is 1.52. The number of halogens is 1. The van der Waals surface area contributed by atoms with Crippen LogP contribution in [0.5, 0.6) is 5.75 Å². The van der Waals surface area contributed by atoms with Gasteiger partial charge in [-0.15, -0.1) is 0 Å². The van der Waals surface area contributed by atoms with Crippen LogP contribution in [-0.4, -0.2) is 18.2 Å². The number of methoxy groups -OCH3 is 1. The SMILES string of the molecule is COc1ccc(C(=O)O)c(Sc2ccc(F)cc2)c1. The van der Waals surface area contributed by atoms with Crippen LogP contribution in [0.3, 0.4) is 0 Å². The van der Waals surface area contributed by atoms with Crippen LogP contribution < -0.4 is 4.74 Å². The van der Waals surface area contributed by atoms with Crippen molar-refractivity contribution in [1.82, 2.24) is 0 Å². The van der Waals surface area contributed by atoms with E-state index < -0.39 is 5.97 Å². The maximum Gasteiger partial charge on any atom is 0.336 e. The topological polar surface area (TPSA) is 46.5 Å². The van der Waals surface area contributed by atoms with E-state index in [1.807, 2.05) is 0 Å². The highest BCUT2D eigenvalue weighted by Gasteiger charge is 2.12. The molecule has 0 aliphatic carbocycles. The highest BCUT2D eigenvalue weighted by Crippen LogP contribution is 2.33. The van der Waals surface area contributed by atoms with Crippen molar-refractivity contribution in [3.63, 3.8) is 0 Å². The number of rotatable bonds is 4. The Balaban J connectivity index is 2.36. The lowest BCUT2D eigenvalue weighted by Crippen LogP contribution is -1.99. The number of hydrogen-bond donors (Lipinski definition) is 1. The molecule has 1 N–H and O–H groups in total. The maximum absolute atomic E-state index is 12.8. The summed E-state index contributed by atoms with van der Waals surface area (Å²) in [4.78, 5) is 12.5. The van der Waals surface area contributed by atoms with E-state index in [0.29, 0.717) is 10.6 Å². The zero-order chi connectivity index (χ0) is 13.8. The third-order valence-corrected chi connectivity index (χ3v) is 3.53. The molecule has 0 atom stereocenters. The molecule has 0 radical (unpaired) electrons. The van der Waals surface area contributed by atoms with Crippen molar-refractivity contribution in [3.05, 3.63) is 53.8 Å². The third kappa shape index (κ3) is 3.26. The molecule has 2 rings (SSSR count). The first-order valence-corrected chi connectivity index (χ1v) is 6.26. The molecule has 0 bridgehead atoms. The van der Waals surface area contributed by atoms with Gasteiger partial charge in [0.15, 0.2) is 0 Å². The molecule has 2 aromatic rings. The average molecular weight is 278 g/mol. The van der Waals surface area contributed by atoms with Crippen LogP contribution in [-0.2, 0) is 0 Å². The second-order valence-electron chi connectivity index (χ2n) is 3.72. The third-order valence-electron chi connectivity index (χ3n) is 2.46. The Morgan fingerprint density at radius 1 is 1.21 bits per heavy atom. The normalized spacial score (nSPS) is 10.2. The lowest BCUT2D eigenvalue weighted by molar-refractivity contribution is 0.0693.